The Hall–Kier alpha value is -2.07. The molecule has 1 amide bonds. The third-order valence-corrected chi connectivity index (χ3v) is 4.41. The van der Waals surface area contributed by atoms with Gasteiger partial charge in [-0.1, -0.05) is 19.0 Å². The number of rotatable bonds is 6. The van der Waals surface area contributed by atoms with Gasteiger partial charge >= 0.3 is 0 Å². The number of hydrogen-bond acceptors (Lipinski definition) is 8. The van der Waals surface area contributed by atoms with E-state index in [1.54, 1.807) is 23.8 Å². The number of nitrogens with two attached hydrogens (primary N) is 1. The summed E-state index contributed by atoms with van der Waals surface area (Å²) < 4.78 is 5.36. The SMILES string of the molecule is CC(C)C(NC(=O)c1csc(CN)n1)c1nc(-c2cccnc2)no1.Cl.Cl. The Morgan fingerprint density at radius 1 is 1.33 bits per heavy atom. The fourth-order valence-corrected chi connectivity index (χ4v) is 2.87. The van der Waals surface area contributed by atoms with Crippen molar-refractivity contribution in [2.75, 3.05) is 0 Å². The lowest BCUT2D eigenvalue weighted by Gasteiger charge is -2.17. The van der Waals surface area contributed by atoms with Gasteiger partial charge in [0.25, 0.3) is 5.91 Å². The summed E-state index contributed by atoms with van der Waals surface area (Å²) in [4.78, 5) is 25.1. The summed E-state index contributed by atoms with van der Waals surface area (Å²) in [5.74, 6) is 0.535. The molecule has 0 spiro atoms. The summed E-state index contributed by atoms with van der Waals surface area (Å²) >= 11 is 1.36. The first-order valence-electron chi connectivity index (χ1n) is 7.77. The van der Waals surface area contributed by atoms with Crippen molar-refractivity contribution < 1.29 is 9.32 Å². The molecule has 0 aliphatic heterocycles. The van der Waals surface area contributed by atoms with Crippen molar-refractivity contribution in [2.45, 2.75) is 26.4 Å². The molecule has 11 heteroatoms. The second-order valence-corrected chi connectivity index (χ2v) is 6.67. The molecule has 8 nitrogen and oxygen atoms in total. The second-order valence-electron chi connectivity index (χ2n) is 5.72. The number of pyridine rings is 1. The maximum Gasteiger partial charge on any atom is 0.271 e. The van der Waals surface area contributed by atoms with Crippen LogP contribution in [0.3, 0.4) is 0 Å². The molecule has 0 bridgehead atoms. The summed E-state index contributed by atoms with van der Waals surface area (Å²) in [5, 5.41) is 9.28. The van der Waals surface area contributed by atoms with Gasteiger partial charge < -0.3 is 15.6 Å². The zero-order chi connectivity index (χ0) is 17.8. The standard InChI is InChI=1S/C16H18N6O2S.2ClH/c1-9(2)13(20-15(23)11-8-25-12(6-17)19-11)16-21-14(22-24-16)10-4-3-5-18-7-10;;/h3-5,7-9,13H,6,17H2,1-2H3,(H,20,23);2*1H. The van der Waals surface area contributed by atoms with Gasteiger partial charge in [-0.3, -0.25) is 9.78 Å². The van der Waals surface area contributed by atoms with E-state index in [1.807, 2.05) is 19.9 Å². The first-order chi connectivity index (χ1) is 12.1. The lowest BCUT2D eigenvalue weighted by Crippen LogP contribution is -2.32. The predicted octanol–water partition coefficient (Wildman–Crippen LogP) is 3.02. The minimum atomic E-state index is -0.423. The van der Waals surface area contributed by atoms with Gasteiger partial charge in [0, 0.05) is 29.9 Å². The van der Waals surface area contributed by atoms with Crippen molar-refractivity contribution in [1.82, 2.24) is 25.4 Å². The van der Waals surface area contributed by atoms with E-state index in [4.69, 9.17) is 10.3 Å². The minimum absolute atomic E-state index is 0. The van der Waals surface area contributed by atoms with Crippen molar-refractivity contribution in [2.24, 2.45) is 11.7 Å². The molecule has 3 N–H and O–H groups in total. The Balaban J connectivity index is 0.00000182. The van der Waals surface area contributed by atoms with Crippen LogP contribution in [0.1, 0.15) is 41.3 Å². The smallest absolute Gasteiger partial charge is 0.271 e. The van der Waals surface area contributed by atoms with Crippen molar-refractivity contribution in [1.29, 1.82) is 0 Å². The fraction of sp³-hybridized carbons (Fsp3) is 0.312. The quantitative estimate of drug-likeness (QED) is 0.616. The van der Waals surface area contributed by atoms with Crippen molar-refractivity contribution >= 4 is 42.1 Å². The lowest BCUT2D eigenvalue weighted by molar-refractivity contribution is 0.0909. The highest BCUT2D eigenvalue weighted by molar-refractivity contribution is 7.09. The Bertz CT molecular complexity index is 855. The molecule has 1 atom stereocenters. The molecule has 3 rings (SSSR count). The normalized spacial score (nSPS) is 11.4. The van der Waals surface area contributed by atoms with Gasteiger partial charge in [0.2, 0.25) is 11.7 Å². The van der Waals surface area contributed by atoms with Gasteiger partial charge in [0.05, 0.1) is 0 Å². The van der Waals surface area contributed by atoms with Gasteiger partial charge in [-0.15, -0.1) is 36.2 Å². The van der Waals surface area contributed by atoms with Gasteiger partial charge in [-0.05, 0) is 18.1 Å². The zero-order valence-electron chi connectivity index (χ0n) is 14.7. The van der Waals surface area contributed by atoms with Crippen LogP contribution in [-0.2, 0) is 6.54 Å². The molecule has 3 heterocycles. The average molecular weight is 431 g/mol. The number of carbonyl (C=O) groups excluding carboxylic acids is 1. The van der Waals surface area contributed by atoms with Crippen molar-refractivity contribution in [3.05, 3.63) is 46.5 Å². The van der Waals surface area contributed by atoms with Crippen molar-refractivity contribution in [3.63, 3.8) is 0 Å². The van der Waals surface area contributed by atoms with E-state index < -0.39 is 6.04 Å². The maximum atomic E-state index is 12.4. The van der Waals surface area contributed by atoms with Gasteiger partial charge in [0.15, 0.2) is 0 Å². The van der Waals surface area contributed by atoms with Gasteiger partial charge in [0.1, 0.15) is 16.7 Å². The number of hydrogen-bond donors (Lipinski definition) is 2. The van der Waals surface area contributed by atoms with Crippen LogP contribution in [0.2, 0.25) is 0 Å². The van der Waals surface area contributed by atoms with E-state index in [9.17, 15) is 4.79 Å². The number of amides is 1. The van der Waals surface area contributed by atoms with E-state index >= 15 is 0 Å². The largest absolute Gasteiger partial charge is 0.339 e. The lowest BCUT2D eigenvalue weighted by atomic mass is 10.0. The summed E-state index contributed by atoms with van der Waals surface area (Å²) in [6.07, 6.45) is 3.33. The zero-order valence-corrected chi connectivity index (χ0v) is 17.1. The van der Waals surface area contributed by atoms with Gasteiger partial charge in [-0.25, -0.2) is 4.98 Å². The topological polar surface area (TPSA) is 120 Å². The molecule has 0 aliphatic carbocycles. The molecule has 1 unspecified atom stereocenters. The Labute approximate surface area is 172 Å². The molecule has 3 aromatic heterocycles. The molecule has 27 heavy (non-hydrogen) atoms. The van der Waals surface area contributed by atoms with Crippen molar-refractivity contribution in [3.8, 4) is 11.4 Å². The number of carbonyl (C=O) groups is 1. The molecule has 3 aromatic rings. The molecule has 0 aliphatic rings. The number of nitrogens with one attached hydrogen (secondary N) is 1. The highest BCUT2D eigenvalue weighted by Gasteiger charge is 2.26. The fourth-order valence-electron chi connectivity index (χ4n) is 2.21. The molecule has 0 fully saturated rings. The van der Waals surface area contributed by atoms with Crippen LogP contribution < -0.4 is 11.1 Å². The van der Waals surface area contributed by atoms with E-state index in [0.717, 1.165) is 5.56 Å². The van der Waals surface area contributed by atoms with E-state index in [0.29, 0.717) is 29.0 Å². The van der Waals surface area contributed by atoms with Crippen LogP contribution in [0, 0.1) is 5.92 Å². The van der Waals surface area contributed by atoms with E-state index in [1.165, 1.54) is 11.3 Å². The first kappa shape index (κ1) is 23.0. The summed E-state index contributed by atoms with van der Waals surface area (Å²) in [6.45, 7) is 4.24. The number of aromatic nitrogens is 4. The third-order valence-electron chi connectivity index (χ3n) is 3.54. The Morgan fingerprint density at radius 3 is 2.70 bits per heavy atom. The van der Waals surface area contributed by atoms with Crippen LogP contribution >= 0.6 is 36.2 Å². The summed E-state index contributed by atoms with van der Waals surface area (Å²) in [7, 11) is 0. The van der Waals surface area contributed by atoms with Crippen LogP contribution in [0.5, 0.6) is 0 Å². The van der Waals surface area contributed by atoms with Crippen LogP contribution in [0.15, 0.2) is 34.4 Å². The second kappa shape index (κ2) is 10.3. The maximum absolute atomic E-state index is 12.4. The van der Waals surface area contributed by atoms with E-state index in [2.05, 4.69) is 25.4 Å². The van der Waals surface area contributed by atoms with Crippen LogP contribution in [0.4, 0.5) is 0 Å². The van der Waals surface area contributed by atoms with Crippen LogP contribution in [0.25, 0.3) is 11.4 Å². The first-order valence-corrected chi connectivity index (χ1v) is 8.65. The molecular formula is C16H20Cl2N6O2S. The molecule has 0 radical (unpaired) electrons. The van der Waals surface area contributed by atoms with Gasteiger partial charge in [-0.2, -0.15) is 4.98 Å². The number of halogens is 2. The molecular weight excluding hydrogens is 411 g/mol. The molecule has 0 saturated heterocycles. The Kier molecular flexibility index (Phi) is 8.77. The summed E-state index contributed by atoms with van der Waals surface area (Å²) in [5.41, 5.74) is 6.62. The predicted molar refractivity (Wildman–Crippen MR) is 107 cm³/mol. The van der Waals surface area contributed by atoms with Crippen LogP contribution in [-0.4, -0.2) is 26.0 Å². The highest BCUT2D eigenvalue weighted by Crippen LogP contribution is 2.23. The molecule has 146 valence electrons. The minimum Gasteiger partial charge on any atom is -0.339 e. The highest BCUT2D eigenvalue weighted by atomic mass is 35.5. The number of nitrogens with zero attached hydrogens (tertiary/aromatic N) is 4. The summed E-state index contributed by atoms with van der Waals surface area (Å²) in [6, 6.07) is 3.21. The third kappa shape index (κ3) is 5.46. The number of thiazole rings is 1. The Morgan fingerprint density at radius 2 is 2.11 bits per heavy atom. The van der Waals surface area contributed by atoms with E-state index in [-0.39, 0.29) is 36.6 Å². The molecule has 0 saturated carbocycles. The monoisotopic (exact) mass is 430 g/mol. The average Bonchev–Trinajstić information content (AvgIpc) is 3.29. The molecule has 0 aromatic carbocycles.